The van der Waals surface area contributed by atoms with Gasteiger partial charge >= 0.3 is 0 Å². The molecular formula is C11H10ClNS2. The second-order valence-electron chi connectivity index (χ2n) is 3.08. The number of hydrogen-bond donors (Lipinski definition) is 0. The molecule has 15 heavy (non-hydrogen) atoms. The quantitative estimate of drug-likeness (QED) is 0.754. The Bertz CT molecular complexity index is 453. The minimum atomic E-state index is 0.814. The van der Waals surface area contributed by atoms with Gasteiger partial charge in [0.05, 0.1) is 15.7 Å². The Morgan fingerprint density at radius 1 is 1.40 bits per heavy atom. The third-order valence-electron chi connectivity index (χ3n) is 1.88. The molecule has 2 aromatic rings. The number of aromatic nitrogens is 1. The van der Waals surface area contributed by atoms with Crippen molar-refractivity contribution in [1.29, 1.82) is 0 Å². The van der Waals surface area contributed by atoms with Crippen molar-refractivity contribution in [3.05, 3.63) is 45.4 Å². The molecule has 0 spiro atoms. The number of benzene rings is 1. The van der Waals surface area contributed by atoms with Crippen molar-refractivity contribution in [1.82, 2.24) is 4.98 Å². The lowest BCUT2D eigenvalue weighted by molar-refractivity contribution is 1.18. The lowest BCUT2D eigenvalue weighted by atomic mass is 10.4. The minimum absolute atomic E-state index is 0.814. The summed E-state index contributed by atoms with van der Waals surface area (Å²) < 4.78 is 0. The SMILES string of the molecule is Cc1nc(CSc2ccccc2Cl)cs1. The fraction of sp³-hybridized carbons (Fsp3) is 0.182. The number of nitrogens with zero attached hydrogens (tertiary/aromatic N) is 1. The zero-order valence-electron chi connectivity index (χ0n) is 8.24. The van der Waals surface area contributed by atoms with Gasteiger partial charge < -0.3 is 0 Å². The van der Waals surface area contributed by atoms with Crippen molar-refractivity contribution in [3.63, 3.8) is 0 Å². The summed E-state index contributed by atoms with van der Waals surface area (Å²) in [5.74, 6) is 0.883. The highest BCUT2D eigenvalue weighted by Crippen LogP contribution is 2.29. The van der Waals surface area contributed by atoms with Gasteiger partial charge in [-0.1, -0.05) is 23.7 Å². The molecule has 0 unspecified atom stereocenters. The van der Waals surface area contributed by atoms with Crippen LogP contribution in [0.3, 0.4) is 0 Å². The van der Waals surface area contributed by atoms with E-state index >= 15 is 0 Å². The molecule has 2 rings (SSSR count). The van der Waals surface area contributed by atoms with Crippen LogP contribution in [0, 0.1) is 6.92 Å². The normalized spacial score (nSPS) is 10.5. The highest BCUT2D eigenvalue weighted by atomic mass is 35.5. The van der Waals surface area contributed by atoms with E-state index < -0.39 is 0 Å². The predicted octanol–water partition coefficient (Wildman–Crippen LogP) is 4.40. The highest BCUT2D eigenvalue weighted by Gasteiger charge is 2.02. The molecule has 0 bridgehead atoms. The summed E-state index contributed by atoms with van der Waals surface area (Å²) in [6.45, 7) is 2.02. The van der Waals surface area contributed by atoms with Gasteiger partial charge in [-0.25, -0.2) is 4.98 Å². The molecule has 4 heteroatoms. The number of halogens is 1. The molecule has 0 saturated carbocycles. The van der Waals surface area contributed by atoms with Gasteiger partial charge in [-0.3, -0.25) is 0 Å². The number of rotatable bonds is 3. The number of thioether (sulfide) groups is 1. The van der Waals surface area contributed by atoms with Crippen LogP contribution in [0.15, 0.2) is 34.5 Å². The summed E-state index contributed by atoms with van der Waals surface area (Å²) in [5, 5.41) is 4.03. The van der Waals surface area contributed by atoms with E-state index in [1.54, 1.807) is 23.1 Å². The Kier molecular flexibility index (Phi) is 3.67. The summed E-state index contributed by atoms with van der Waals surface area (Å²) >= 11 is 9.47. The fourth-order valence-electron chi connectivity index (χ4n) is 1.19. The van der Waals surface area contributed by atoms with Gasteiger partial charge in [0.25, 0.3) is 0 Å². The summed E-state index contributed by atoms with van der Waals surface area (Å²) in [4.78, 5) is 5.53. The molecule has 0 radical (unpaired) electrons. The molecule has 0 aliphatic heterocycles. The van der Waals surface area contributed by atoms with Gasteiger partial charge in [-0.05, 0) is 19.1 Å². The number of hydrogen-bond acceptors (Lipinski definition) is 3. The molecule has 0 N–H and O–H groups in total. The molecule has 1 aromatic carbocycles. The van der Waals surface area contributed by atoms with Crippen LogP contribution in [0.2, 0.25) is 5.02 Å². The van der Waals surface area contributed by atoms with Gasteiger partial charge in [0, 0.05) is 16.0 Å². The Balaban J connectivity index is 2.02. The van der Waals surface area contributed by atoms with Crippen LogP contribution < -0.4 is 0 Å². The average Bonchev–Trinajstić information content (AvgIpc) is 2.63. The first-order valence-electron chi connectivity index (χ1n) is 4.54. The number of aryl methyl sites for hydroxylation is 1. The smallest absolute Gasteiger partial charge is 0.0897 e. The highest BCUT2D eigenvalue weighted by molar-refractivity contribution is 7.98. The summed E-state index contributed by atoms with van der Waals surface area (Å²) in [7, 11) is 0. The van der Waals surface area contributed by atoms with Gasteiger partial charge in [-0.15, -0.1) is 23.1 Å². The summed E-state index contributed by atoms with van der Waals surface area (Å²) in [6, 6.07) is 7.89. The van der Waals surface area contributed by atoms with E-state index in [1.807, 2.05) is 31.2 Å². The van der Waals surface area contributed by atoms with Crippen LogP contribution in [0.1, 0.15) is 10.7 Å². The molecule has 0 aliphatic carbocycles. The van der Waals surface area contributed by atoms with E-state index in [9.17, 15) is 0 Å². The van der Waals surface area contributed by atoms with Crippen LogP contribution in [-0.2, 0) is 5.75 Å². The Morgan fingerprint density at radius 3 is 2.87 bits per heavy atom. The summed E-state index contributed by atoms with van der Waals surface area (Å²) in [5.41, 5.74) is 1.13. The average molecular weight is 256 g/mol. The van der Waals surface area contributed by atoms with Crippen LogP contribution in [0.25, 0.3) is 0 Å². The van der Waals surface area contributed by atoms with Crippen molar-refractivity contribution in [3.8, 4) is 0 Å². The molecule has 0 fully saturated rings. The maximum absolute atomic E-state index is 6.06. The van der Waals surface area contributed by atoms with E-state index in [-0.39, 0.29) is 0 Å². The fourth-order valence-corrected chi connectivity index (χ4v) is 3.04. The standard InChI is InChI=1S/C11H10ClNS2/c1-8-13-9(6-14-8)7-15-11-5-3-2-4-10(11)12/h2-6H,7H2,1H3. The topological polar surface area (TPSA) is 12.9 Å². The van der Waals surface area contributed by atoms with Gasteiger partial charge in [0.15, 0.2) is 0 Å². The van der Waals surface area contributed by atoms with Crippen LogP contribution in [0.4, 0.5) is 0 Å². The molecule has 1 heterocycles. The second-order valence-corrected chi connectivity index (χ2v) is 5.56. The second kappa shape index (κ2) is 5.01. The first kappa shape index (κ1) is 11.0. The van der Waals surface area contributed by atoms with E-state index in [4.69, 9.17) is 11.6 Å². The first-order chi connectivity index (χ1) is 7.25. The molecule has 0 aliphatic rings. The summed E-state index contributed by atoms with van der Waals surface area (Å²) in [6.07, 6.45) is 0. The van der Waals surface area contributed by atoms with E-state index in [1.165, 1.54) is 0 Å². The van der Waals surface area contributed by atoms with E-state index in [0.717, 1.165) is 26.4 Å². The van der Waals surface area contributed by atoms with Crippen LogP contribution >= 0.6 is 34.7 Å². The molecular weight excluding hydrogens is 246 g/mol. The lowest BCUT2D eigenvalue weighted by Crippen LogP contribution is -1.81. The Morgan fingerprint density at radius 2 is 2.20 bits per heavy atom. The van der Waals surface area contributed by atoms with Crippen LogP contribution in [0.5, 0.6) is 0 Å². The largest absolute Gasteiger partial charge is 0.246 e. The van der Waals surface area contributed by atoms with E-state index in [2.05, 4.69) is 10.4 Å². The molecule has 1 aromatic heterocycles. The molecule has 1 nitrogen and oxygen atoms in total. The van der Waals surface area contributed by atoms with Crippen LogP contribution in [-0.4, -0.2) is 4.98 Å². The Hall–Kier alpha value is -0.510. The molecule has 0 atom stereocenters. The third kappa shape index (κ3) is 2.97. The van der Waals surface area contributed by atoms with E-state index in [0.29, 0.717) is 0 Å². The van der Waals surface area contributed by atoms with Crippen molar-refractivity contribution in [2.75, 3.05) is 0 Å². The lowest BCUT2D eigenvalue weighted by Gasteiger charge is -2.01. The van der Waals surface area contributed by atoms with Gasteiger partial charge in [0.1, 0.15) is 0 Å². The molecule has 78 valence electrons. The zero-order chi connectivity index (χ0) is 10.7. The third-order valence-corrected chi connectivity index (χ3v) is 4.25. The van der Waals surface area contributed by atoms with Crippen molar-refractivity contribution >= 4 is 34.7 Å². The van der Waals surface area contributed by atoms with Gasteiger partial charge in [-0.2, -0.15) is 0 Å². The monoisotopic (exact) mass is 255 g/mol. The van der Waals surface area contributed by atoms with Crippen molar-refractivity contribution < 1.29 is 0 Å². The number of thiazole rings is 1. The maximum atomic E-state index is 6.06. The van der Waals surface area contributed by atoms with Crippen molar-refractivity contribution in [2.45, 2.75) is 17.6 Å². The molecule has 0 saturated heterocycles. The van der Waals surface area contributed by atoms with Crippen molar-refractivity contribution in [2.24, 2.45) is 0 Å². The Labute approximate surface area is 103 Å². The zero-order valence-corrected chi connectivity index (χ0v) is 10.6. The first-order valence-corrected chi connectivity index (χ1v) is 6.78. The predicted molar refractivity (Wildman–Crippen MR) is 67.9 cm³/mol. The molecule has 0 amide bonds. The van der Waals surface area contributed by atoms with Gasteiger partial charge in [0.2, 0.25) is 0 Å². The minimum Gasteiger partial charge on any atom is -0.246 e. The maximum Gasteiger partial charge on any atom is 0.0897 e.